The van der Waals surface area contributed by atoms with Gasteiger partial charge in [-0.25, -0.2) is 8.42 Å². The van der Waals surface area contributed by atoms with E-state index >= 15 is 0 Å². The van der Waals surface area contributed by atoms with Gasteiger partial charge in [-0.2, -0.15) is 0 Å². The highest BCUT2D eigenvalue weighted by Gasteiger charge is 2.31. The van der Waals surface area contributed by atoms with Gasteiger partial charge in [0.05, 0.1) is 11.0 Å². The lowest BCUT2D eigenvalue weighted by Crippen LogP contribution is -2.34. The number of hydrogen-bond donors (Lipinski definition) is 3. The van der Waals surface area contributed by atoms with Crippen LogP contribution in [0.5, 0.6) is 11.5 Å². The Morgan fingerprint density at radius 2 is 2.05 bits per heavy atom. The smallest absolute Gasteiger partial charge is 0.251 e. The van der Waals surface area contributed by atoms with Crippen molar-refractivity contribution >= 4 is 15.7 Å². The molecule has 1 aromatic rings. The minimum Gasteiger partial charge on any atom is -0.504 e. The lowest BCUT2D eigenvalue weighted by molar-refractivity contribution is 0.0953. The van der Waals surface area contributed by atoms with E-state index in [0.717, 1.165) is 6.07 Å². The van der Waals surface area contributed by atoms with Crippen LogP contribution in [0.25, 0.3) is 0 Å². The topological polar surface area (TPSA) is 104 Å². The van der Waals surface area contributed by atoms with Gasteiger partial charge in [-0.15, -0.1) is 0 Å². The largest absolute Gasteiger partial charge is 0.504 e. The molecule has 1 aromatic carbocycles. The molecule has 3 N–H and O–H groups in total. The van der Waals surface area contributed by atoms with Crippen LogP contribution in [0.4, 0.5) is 0 Å². The maximum atomic E-state index is 11.8. The fourth-order valence-electron chi connectivity index (χ4n) is 2.06. The molecule has 1 amide bonds. The van der Waals surface area contributed by atoms with Gasteiger partial charge in [-0.3, -0.25) is 4.79 Å². The highest BCUT2D eigenvalue weighted by Crippen LogP contribution is 2.25. The van der Waals surface area contributed by atoms with Gasteiger partial charge in [0.25, 0.3) is 5.91 Å². The number of carbonyl (C=O) groups is 1. The van der Waals surface area contributed by atoms with E-state index in [2.05, 4.69) is 5.32 Å². The minimum absolute atomic E-state index is 0.0722. The average Bonchev–Trinajstić information content (AvgIpc) is 2.69. The monoisotopic (exact) mass is 285 g/mol. The van der Waals surface area contributed by atoms with Crippen LogP contribution in [0.15, 0.2) is 18.2 Å². The van der Waals surface area contributed by atoms with Crippen LogP contribution >= 0.6 is 0 Å². The Labute approximate surface area is 111 Å². The van der Waals surface area contributed by atoms with Crippen LogP contribution in [0.2, 0.25) is 0 Å². The first-order valence-electron chi connectivity index (χ1n) is 5.92. The summed E-state index contributed by atoms with van der Waals surface area (Å²) in [5.74, 6) is -0.999. The molecule has 0 saturated carbocycles. The number of rotatable bonds is 3. The van der Waals surface area contributed by atoms with Gasteiger partial charge in [0, 0.05) is 12.1 Å². The first-order chi connectivity index (χ1) is 8.90. The number of aromatic hydroxyl groups is 2. The van der Waals surface area contributed by atoms with Gasteiger partial charge >= 0.3 is 0 Å². The Morgan fingerprint density at radius 3 is 2.63 bits per heavy atom. The quantitative estimate of drug-likeness (QED) is 0.698. The highest BCUT2D eigenvalue weighted by molar-refractivity contribution is 7.92. The Hall–Kier alpha value is -1.76. The molecule has 0 aliphatic carbocycles. The van der Waals surface area contributed by atoms with E-state index in [1.807, 2.05) is 0 Å². The first-order valence-corrected chi connectivity index (χ1v) is 7.63. The Morgan fingerprint density at radius 1 is 1.32 bits per heavy atom. The molecule has 6 nitrogen and oxygen atoms in total. The molecular weight excluding hydrogens is 270 g/mol. The summed E-state index contributed by atoms with van der Waals surface area (Å²) in [5.41, 5.74) is 0.172. The van der Waals surface area contributed by atoms with Crippen molar-refractivity contribution in [3.63, 3.8) is 0 Å². The molecule has 104 valence electrons. The molecule has 0 aromatic heterocycles. The average molecular weight is 285 g/mol. The van der Waals surface area contributed by atoms with Crippen molar-refractivity contribution in [2.24, 2.45) is 0 Å². The SMILES string of the molecule is O=C(NCC1CCCS1(=O)=O)c1ccc(O)c(O)c1. The summed E-state index contributed by atoms with van der Waals surface area (Å²) in [7, 11) is -3.08. The normalized spacial score (nSPS) is 21.2. The molecule has 0 radical (unpaired) electrons. The molecule has 1 saturated heterocycles. The van der Waals surface area contributed by atoms with E-state index in [0.29, 0.717) is 12.8 Å². The molecule has 1 aliphatic heterocycles. The molecule has 7 heteroatoms. The summed E-state index contributed by atoms with van der Waals surface area (Å²) >= 11 is 0. The van der Waals surface area contributed by atoms with Crippen LogP contribution < -0.4 is 5.32 Å². The zero-order valence-corrected chi connectivity index (χ0v) is 11.0. The van der Waals surface area contributed by atoms with Crippen molar-refractivity contribution in [2.45, 2.75) is 18.1 Å². The van der Waals surface area contributed by atoms with Crippen LogP contribution in [-0.4, -0.2) is 42.1 Å². The molecule has 2 rings (SSSR count). The third kappa shape index (κ3) is 2.98. The van der Waals surface area contributed by atoms with E-state index in [1.54, 1.807) is 0 Å². The van der Waals surface area contributed by atoms with E-state index < -0.39 is 21.0 Å². The van der Waals surface area contributed by atoms with Crippen LogP contribution in [0.3, 0.4) is 0 Å². The first kappa shape index (κ1) is 13.7. The second-order valence-electron chi connectivity index (χ2n) is 4.54. The second-order valence-corrected chi connectivity index (χ2v) is 6.95. The van der Waals surface area contributed by atoms with E-state index in [1.165, 1.54) is 12.1 Å². The van der Waals surface area contributed by atoms with Crippen molar-refractivity contribution < 1.29 is 23.4 Å². The number of sulfone groups is 1. The Bertz CT molecular complexity index is 596. The van der Waals surface area contributed by atoms with E-state index in [-0.39, 0.29) is 29.4 Å². The molecule has 1 atom stereocenters. The van der Waals surface area contributed by atoms with Crippen molar-refractivity contribution in [1.29, 1.82) is 0 Å². The fourth-order valence-corrected chi connectivity index (χ4v) is 3.83. The van der Waals surface area contributed by atoms with Crippen molar-refractivity contribution in [3.05, 3.63) is 23.8 Å². The predicted octanol–water partition coefficient (Wildman–Crippen LogP) is 0.405. The molecule has 1 fully saturated rings. The minimum atomic E-state index is -3.08. The standard InChI is InChI=1S/C12H15NO5S/c14-10-4-3-8(6-11(10)15)12(16)13-7-9-2-1-5-19(9,17)18/h3-4,6,9,14-15H,1-2,5,7H2,(H,13,16). The highest BCUT2D eigenvalue weighted by atomic mass is 32.2. The lowest BCUT2D eigenvalue weighted by atomic mass is 10.2. The van der Waals surface area contributed by atoms with Crippen LogP contribution in [0.1, 0.15) is 23.2 Å². The summed E-state index contributed by atoms with van der Waals surface area (Å²) in [6, 6.07) is 3.69. The van der Waals surface area contributed by atoms with Crippen LogP contribution in [-0.2, 0) is 9.84 Å². The number of nitrogens with one attached hydrogen (secondary N) is 1. The Balaban J connectivity index is 2.00. The van der Waals surface area contributed by atoms with Gasteiger partial charge in [0.15, 0.2) is 21.3 Å². The zero-order chi connectivity index (χ0) is 14.0. The maximum absolute atomic E-state index is 11.8. The van der Waals surface area contributed by atoms with Gasteiger partial charge < -0.3 is 15.5 Å². The number of phenols is 2. The second kappa shape index (κ2) is 5.08. The van der Waals surface area contributed by atoms with Gasteiger partial charge in [-0.1, -0.05) is 0 Å². The van der Waals surface area contributed by atoms with Gasteiger partial charge in [0.2, 0.25) is 0 Å². The molecule has 1 aliphatic rings. The fraction of sp³-hybridized carbons (Fsp3) is 0.417. The molecule has 19 heavy (non-hydrogen) atoms. The summed E-state index contributed by atoms with van der Waals surface area (Å²) in [5, 5.41) is 20.4. The molecule has 1 unspecified atom stereocenters. The summed E-state index contributed by atoms with van der Waals surface area (Å²) in [6.45, 7) is 0.0722. The predicted molar refractivity (Wildman–Crippen MR) is 68.9 cm³/mol. The summed E-state index contributed by atoms with van der Waals surface area (Å²) in [4.78, 5) is 11.8. The number of amides is 1. The lowest BCUT2D eigenvalue weighted by Gasteiger charge is -2.11. The molecule has 0 spiro atoms. The number of hydrogen-bond acceptors (Lipinski definition) is 5. The third-order valence-corrected chi connectivity index (χ3v) is 5.47. The van der Waals surface area contributed by atoms with Gasteiger partial charge in [0.1, 0.15) is 0 Å². The summed E-state index contributed by atoms with van der Waals surface area (Å²) < 4.78 is 23.2. The zero-order valence-electron chi connectivity index (χ0n) is 10.2. The van der Waals surface area contributed by atoms with Gasteiger partial charge in [-0.05, 0) is 31.0 Å². The molecular formula is C12H15NO5S. The summed E-state index contributed by atoms with van der Waals surface area (Å²) in [6.07, 6.45) is 1.19. The van der Waals surface area contributed by atoms with Crippen LogP contribution in [0, 0.1) is 0 Å². The molecule has 0 bridgehead atoms. The third-order valence-electron chi connectivity index (χ3n) is 3.19. The Kier molecular flexibility index (Phi) is 3.66. The van der Waals surface area contributed by atoms with E-state index in [9.17, 15) is 18.3 Å². The van der Waals surface area contributed by atoms with E-state index in [4.69, 9.17) is 5.11 Å². The number of benzene rings is 1. The van der Waals surface area contributed by atoms with Crippen molar-refractivity contribution in [1.82, 2.24) is 5.32 Å². The van der Waals surface area contributed by atoms with Crippen molar-refractivity contribution in [3.8, 4) is 11.5 Å². The maximum Gasteiger partial charge on any atom is 0.251 e. The molecule has 1 heterocycles. The van der Waals surface area contributed by atoms with Crippen molar-refractivity contribution in [2.75, 3.05) is 12.3 Å². The number of carbonyl (C=O) groups excluding carboxylic acids is 1. The number of phenolic OH excluding ortho intramolecular Hbond substituents is 2.